The van der Waals surface area contributed by atoms with Crippen molar-refractivity contribution >= 4 is 17.9 Å². The van der Waals surface area contributed by atoms with E-state index in [9.17, 15) is 40.6 Å². The number of carbonyl (C=O) groups is 1. The zero-order chi connectivity index (χ0) is 21.5. The summed E-state index contributed by atoms with van der Waals surface area (Å²) in [5, 5.41) is 8.89. The van der Waals surface area contributed by atoms with Crippen molar-refractivity contribution in [2.45, 2.75) is 31.3 Å². The summed E-state index contributed by atoms with van der Waals surface area (Å²) in [7, 11) is 0. The molecule has 2 nitrogen and oxygen atoms in total. The largest absolute Gasteiger partial charge is 0.430 e. The summed E-state index contributed by atoms with van der Waals surface area (Å²) in [6, 6.07) is 3.72. The second-order valence-electron chi connectivity index (χ2n) is 5.90. The number of halogens is 8. The Bertz CT molecular complexity index is 890. The molecule has 0 atom stereocenters. The van der Waals surface area contributed by atoms with E-state index in [2.05, 4.69) is 0 Å². The fourth-order valence-electron chi connectivity index (χ4n) is 2.72. The fourth-order valence-corrected chi connectivity index (χ4v) is 3.00. The first-order valence-corrected chi connectivity index (χ1v) is 8.09. The Kier molecular flexibility index (Phi) is 5.83. The van der Waals surface area contributed by atoms with Crippen molar-refractivity contribution in [2.24, 2.45) is 0 Å². The lowest BCUT2D eigenvalue weighted by molar-refractivity contribution is -0.376. The highest BCUT2D eigenvalue weighted by molar-refractivity contribution is 6.33. The maximum Gasteiger partial charge on any atom is 0.430 e. The van der Waals surface area contributed by atoms with Gasteiger partial charge < -0.3 is 5.11 Å². The number of hydrogen-bond donors (Lipinski definition) is 1. The van der Waals surface area contributed by atoms with Crippen molar-refractivity contribution in [1.29, 1.82) is 0 Å². The highest BCUT2D eigenvalue weighted by Crippen LogP contribution is 2.51. The van der Waals surface area contributed by atoms with Gasteiger partial charge in [-0.05, 0) is 35.7 Å². The highest BCUT2D eigenvalue weighted by atomic mass is 35.5. The summed E-state index contributed by atoms with van der Waals surface area (Å²) in [5.41, 5.74) is -6.45. The van der Waals surface area contributed by atoms with Crippen LogP contribution < -0.4 is 0 Å². The summed E-state index contributed by atoms with van der Waals surface area (Å²) < 4.78 is 92.0. The molecule has 0 aliphatic rings. The summed E-state index contributed by atoms with van der Waals surface area (Å²) in [6.07, 6.45) is -11.6. The lowest BCUT2D eigenvalue weighted by Crippen LogP contribution is -2.53. The third kappa shape index (κ3) is 3.60. The van der Waals surface area contributed by atoms with E-state index in [4.69, 9.17) is 11.6 Å². The van der Waals surface area contributed by atoms with Crippen LogP contribution in [-0.2, 0) is 12.0 Å². The lowest BCUT2D eigenvalue weighted by Gasteiger charge is -2.33. The van der Waals surface area contributed by atoms with Gasteiger partial charge in [-0.3, -0.25) is 4.79 Å². The minimum absolute atomic E-state index is 0.0506. The number of benzene rings is 2. The Hall–Kier alpha value is -2.13. The number of carbonyl (C=O) groups excluding carboxylic acids is 1. The standard InChI is InChI=1S/C18H12ClF7O2/c1-2-9-5-10(8-27)15(20)7-13(9)12-4-3-11(6-14(12)19)16(28,17(21,22)23)18(24,25)26/h3-8,28H,2H2,1H3. The van der Waals surface area contributed by atoms with Gasteiger partial charge in [0, 0.05) is 16.1 Å². The van der Waals surface area contributed by atoms with Crippen LogP contribution in [0.15, 0.2) is 30.3 Å². The predicted molar refractivity (Wildman–Crippen MR) is 87.6 cm³/mol. The van der Waals surface area contributed by atoms with E-state index in [0.29, 0.717) is 17.7 Å². The molecule has 0 saturated heterocycles. The molecule has 0 amide bonds. The molecule has 28 heavy (non-hydrogen) atoms. The van der Waals surface area contributed by atoms with Crippen molar-refractivity contribution in [3.05, 3.63) is 57.9 Å². The second kappa shape index (κ2) is 7.36. The number of aldehydes is 1. The Morgan fingerprint density at radius 1 is 1.00 bits per heavy atom. The van der Waals surface area contributed by atoms with E-state index in [0.717, 1.165) is 12.1 Å². The normalized spacial score (nSPS) is 12.9. The van der Waals surface area contributed by atoms with E-state index >= 15 is 0 Å². The first-order chi connectivity index (χ1) is 12.8. The molecule has 0 saturated carbocycles. The average molecular weight is 429 g/mol. The number of hydrogen-bond acceptors (Lipinski definition) is 2. The highest BCUT2D eigenvalue weighted by Gasteiger charge is 2.71. The average Bonchev–Trinajstić information content (AvgIpc) is 2.58. The molecule has 0 spiro atoms. The SMILES string of the molecule is CCc1cc(C=O)c(F)cc1-c1ccc(C(O)(C(F)(F)F)C(F)(F)F)cc1Cl. The van der Waals surface area contributed by atoms with Crippen molar-refractivity contribution in [2.75, 3.05) is 0 Å². The zero-order valence-electron chi connectivity index (χ0n) is 14.1. The molecule has 2 aromatic carbocycles. The number of aliphatic hydroxyl groups is 1. The van der Waals surface area contributed by atoms with Gasteiger partial charge in [0.15, 0.2) is 6.29 Å². The molecule has 1 N–H and O–H groups in total. The Balaban J connectivity index is 2.69. The molecule has 0 bridgehead atoms. The van der Waals surface area contributed by atoms with Crippen LogP contribution >= 0.6 is 11.6 Å². The van der Waals surface area contributed by atoms with Crippen molar-refractivity contribution in [3.63, 3.8) is 0 Å². The summed E-state index contributed by atoms with van der Waals surface area (Å²) in [4.78, 5) is 10.8. The molecular formula is C18H12ClF7O2. The molecule has 10 heteroatoms. The van der Waals surface area contributed by atoms with Gasteiger partial charge in [0.1, 0.15) is 5.82 Å². The predicted octanol–water partition coefficient (Wildman–Crippen LogP) is 5.83. The van der Waals surface area contributed by atoms with Crippen LogP contribution in [0.5, 0.6) is 0 Å². The van der Waals surface area contributed by atoms with Crippen LogP contribution in [0.2, 0.25) is 5.02 Å². The fraction of sp³-hybridized carbons (Fsp3) is 0.278. The van der Waals surface area contributed by atoms with Gasteiger partial charge in [0.25, 0.3) is 5.60 Å². The molecule has 0 heterocycles. The molecule has 0 aromatic heterocycles. The Morgan fingerprint density at radius 2 is 1.57 bits per heavy atom. The monoisotopic (exact) mass is 428 g/mol. The van der Waals surface area contributed by atoms with Crippen LogP contribution in [0.1, 0.15) is 28.4 Å². The minimum atomic E-state index is -6.05. The van der Waals surface area contributed by atoms with Crippen LogP contribution in [0.4, 0.5) is 30.7 Å². The van der Waals surface area contributed by atoms with E-state index in [1.807, 2.05) is 0 Å². The molecule has 152 valence electrons. The molecule has 0 unspecified atom stereocenters. The van der Waals surface area contributed by atoms with Gasteiger partial charge in [-0.2, -0.15) is 26.3 Å². The van der Waals surface area contributed by atoms with Crippen LogP contribution in [-0.4, -0.2) is 23.7 Å². The van der Waals surface area contributed by atoms with Crippen LogP contribution in [0.25, 0.3) is 11.1 Å². The molecule has 2 rings (SSSR count). The summed E-state index contributed by atoms with van der Waals surface area (Å²) >= 11 is 5.89. The number of rotatable bonds is 4. The molecule has 0 fully saturated rings. The topological polar surface area (TPSA) is 37.3 Å². The molecule has 0 aliphatic carbocycles. The maximum atomic E-state index is 14.0. The number of alkyl halides is 6. The van der Waals surface area contributed by atoms with Crippen LogP contribution in [0.3, 0.4) is 0 Å². The van der Waals surface area contributed by atoms with E-state index in [1.54, 1.807) is 6.92 Å². The zero-order valence-corrected chi connectivity index (χ0v) is 14.8. The smallest absolute Gasteiger partial charge is 0.369 e. The van der Waals surface area contributed by atoms with Gasteiger partial charge in [0.05, 0.1) is 5.56 Å². The van der Waals surface area contributed by atoms with E-state index in [1.165, 1.54) is 6.07 Å². The third-order valence-corrected chi connectivity index (χ3v) is 4.54. The molecule has 2 aromatic rings. The van der Waals surface area contributed by atoms with Crippen molar-refractivity contribution in [3.8, 4) is 11.1 Å². The number of aryl methyl sites for hydroxylation is 1. The Morgan fingerprint density at radius 3 is 2.00 bits per heavy atom. The van der Waals surface area contributed by atoms with Gasteiger partial charge in [-0.15, -0.1) is 0 Å². The Labute approximate surface area is 159 Å². The molecule has 0 aliphatic heterocycles. The van der Waals surface area contributed by atoms with Gasteiger partial charge in [-0.25, -0.2) is 4.39 Å². The van der Waals surface area contributed by atoms with Gasteiger partial charge >= 0.3 is 12.4 Å². The van der Waals surface area contributed by atoms with Gasteiger partial charge in [0.2, 0.25) is 0 Å². The third-order valence-electron chi connectivity index (χ3n) is 4.23. The summed E-state index contributed by atoms with van der Waals surface area (Å²) in [6.45, 7) is 1.65. The minimum Gasteiger partial charge on any atom is -0.369 e. The van der Waals surface area contributed by atoms with Crippen LogP contribution in [0, 0.1) is 5.82 Å². The quantitative estimate of drug-likeness (QED) is 0.491. The van der Waals surface area contributed by atoms with E-state index in [-0.39, 0.29) is 29.4 Å². The maximum absolute atomic E-state index is 14.0. The second-order valence-corrected chi connectivity index (χ2v) is 6.31. The first kappa shape index (κ1) is 22.2. The lowest BCUT2D eigenvalue weighted by atomic mass is 9.89. The van der Waals surface area contributed by atoms with Crippen molar-refractivity contribution < 1.29 is 40.6 Å². The van der Waals surface area contributed by atoms with Crippen molar-refractivity contribution in [1.82, 2.24) is 0 Å². The molecule has 0 radical (unpaired) electrons. The summed E-state index contributed by atoms with van der Waals surface area (Å²) in [5.74, 6) is -0.926. The molecular weight excluding hydrogens is 417 g/mol. The first-order valence-electron chi connectivity index (χ1n) is 7.71. The van der Waals surface area contributed by atoms with E-state index < -0.39 is 34.4 Å². The van der Waals surface area contributed by atoms with Gasteiger partial charge in [-0.1, -0.05) is 30.7 Å².